The highest BCUT2D eigenvalue weighted by molar-refractivity contribution is 6.02. The quantitative estimate of drug-likeness (QED) is 0.511. The number of phenolic OH excluding ortho intramolecular Hbond substituents is 1. The molecule has 1 aliphatic rings. The van der Waals surface area contributed by atoms with E-state index in [1.165, 1.54) is 24.3 Å². The maximum absolute atomic E-state index is 12.3. The Morgan fingerprint density at radius 1 is 1.22 bits per heavy atom. The molecule has 0 saturated carbocycles. The van der Waals surface area contributed by atoms with Crippen molar-refractivity contribution >= 4 is 23.4 Å². The third-order valence-electron chi connectivity index (χ3n) is 3.91. The topological polar surface area (TPSA) is 146 Å². The number of nitrogens with zero attached hydrogens (tertiary/aromatic N) is 1. The SMILES string of the molecule is NC(CC1N=C(c2ccc(O)cc2)NO1)C(=O)Nc1ccccc1C(=O)O. The van der Waals surface area contributed by atoms with Crippen molar-refractivity contribution < 1.29 is 24.6 Å². The van der Waals surface area contributed by atoms with Crippen LogP contribution >= 0.6 is 0 Å². The number of aliphatic imine (C=N–C) groups is 1. The van der Waals surface area contributed by atoms with Crippen LogP contribution in [-0.4, -0.2) is 40.2 Å². The molecule has 9 nitrogen and oxygen atoms in total. The van der Waals surface area contributed by atoms with Crippen LogP contribution in [0.15, 0.2) is 53.5 Å². The van der Waals surface area contributed by atoms with Gasteiger partial charge in [0.15, 0.2) is 12.1 Å². The third-order valence-corrected chi connectivity index (χ3v) is 3.91. The number of amides is 1. The number of carboxylic acids is 1. The molecule has 0 aliphatic carbocycles. The Hall–Kier alpha value is -3.43. The molecule has 1 amide bonds. The van der Waals surface area contributed by atoms with E-state index in [1.54, 1.807) is 24.3 Å². The first-order valence-electron chi connectivity index (χ1n) is 8.11. The van der Waals surface area contributed by atoms with Crippen LogP contribution in [0.4, 0.5) is 5.69 Å². The van der Waals surface area contributed by atoms with Gasteiger partial charge >= 0.3 is 5.97 Å². The van der Waals surface area contributed by atoms with E-state index in [4.69, 9.17) is 15.7 Å². The number of anilines is 1. The first-order valence-corrected chi connectivity index (χ1v) is 8.11. The largest absolute Gasteiger partial charge is 0.508 e. The molecule has 0 aromatic heterocycles. The number of phenols is 1. The zero-order valence-electron chi connectivity index (χ0n) is 14.1. The smallest absolute Gasteiger partial charge is 0.337 e. The lowest BCUT2D eigenvalue weighted by atomic mass is 10.1. The summed E-state index contributed by atoms with van der Waals surface area (Å²) in [6.45, 7) is 0. The first-order chi connectivity index (χ1) is 12.9. The highest BCUT2D eigenvalue weighted by Crippen LogP contribution is 2.17. The van der Waals surface area contributed by atoms with Crippen LogP contribution < -0.4 is 16.5 Å². The van der Waals surface area contributed by atoms with Crippen LogP contribution in [0.5, 0.6) is 5.75 Å². The number of carbonyl (C=O) groups is 2. The summed E-state index contributed by atoms with van der Waals surface area (Å²) in [7, 11) is 0. The van der Waals surface area contributed by atoms with E-state index in [0.29, 0.717) is 11.4 Å². The summed E-state index contributed by atoms with van der Waals surface area (Å²) in [5, 5.41) is 21.0. The Morgan fingerprint density at radius 3 is 2.63 bits per heavy atom. The van der Waals surface area contributed by atoms with Gasteiger partial charge in [-0.3, -0.25) is 4.79 Å². The minimum Gasteiger partial charge on any atom is -0.508 e. The molecule has 27 heavy (non-hydrogen) atoms. The molecule has 2 aromatic carbocycles. The van der Waals surface area contributed by atoms with Gasteiger partial charge in [0.2, 0.25) is 5.91 Å². The highest BCUT2D eigenvalue weighted by Gasteiger charge is 2.25. The number of aromatic carboxylic acids is 1. The second-order valence-corrected chi connectivity index (χ2v) is 5.88. The molecule has 2 atom stereocenters. The number of hydrogen-bond acceptors (Lipinski definition) is 7. The molecule has 0 saturated heterocycles. The van der Waals surface area contributed by atoms with E-state index in [1.807, 2.05) is 0 Å². The van der Waals surface area contributed by atoms with Crippen molar-refractivity contribution in [2.45, 2.75) is 18.7 Å². The second-order valence-electron chi connectivity index (χ2n) is 5.88. The number of nitrogens with one attached hydrogen (secondary N) is 2. The molecule has 1 aliphatic heterocycles. The minimum atomic E-state index is -1.15. The zero-order chi connectivity index (χ0) is 19.4. The van der Waals surface area contributed by atoms with Gasteiger partial charge in [-0.1, -0.05) is 12.1 Å². The monoisotopic (exact) mass is 370 g/mol. The molecule has 0 bridgehead atoms. The summed E-state index contributed by atoms with van der Waals surface area (Å²) in [5.41, 5.74) is 9.43. The Morgan fingerprint density at radius 2 is 1.93 bits per heavy atom. The molecule has 2 unspecified atom stereocenters. The van der Waals surface area contributed by atoms with Crippen LogP contribution in [0.2, 0.25) is 0 Å². The minimum absolute atomic E-state index is 0.0236. The van der Waals surface area contributed by atoms with E-state index in [-0.39, 0.29) is 23.4 Å². The van der Waals surface area contributed by atoms with Gasteiger partial charge in [-0.25, -0.2) is 20.1 Å². The second kappa shape index (κ2) is 7.85. The number of carbonyl (C=O) groups excluding carboxylic acids is 1. The fourth-order valence-electron chi connectivity index (χ4n) is 2.50. The Kier molecular flexibility index (Phi) is 5.34. The van der Waals surface area contributed by atoms with Crippen molar-refractivity contribution in [3.63, 3.8) is 0 Å². The van der Waals surface area contributed by atoms with E-state index < -0.39 is 24.1 Å². The summed E-state index contributed by atoms with van der Waals surface area (Å²) >= 11 is 0. The lowest BCUT2D eigenvalue weighted by molar-refractivity contribution is -0.118. The lowest BCUT2D eigenvalue weighted by Gasteiger charge is -2.15. The number of nitrogens with two attached hydrogens (primary N) is 1. The molecule has 0 fully saturated rings. The van der Waals surface area contributed by atoms with Gasteiger partial charge in [-0.2, -0.15) is 0 Å². The summed E-state index contributed by atoms with van der Waals surface area (Å²) in [5.74, 6) is -1.09. The van der Waals surface area contributed by atoms with E-state index >= 15 is 0 Å². The van der Waals surface area contributed by atoms with Gasteiger partial charge in [0.05, 0.1) is 17.3 Å². The van der Waals surface area contributed by atoms with Gasteiger partial charge in [0.25, 0.3) is 0 Å². The average molecular weight is 370 g/mol. The summed E-state index contributed by atoms with van der Waals surface area (Å²) in [4.78, 5) is 33.1. The van der Waals surface area contributed by atoms with E-state index in [9.17, 15) is 14.7 Å². The zero-order valence-corrected chi connectivity index (χ0v) is 14.1. The van der Waals surface area contributed by atoms with Crippen LogP contribution in [0.3, 0.4) is 0 Å². The standard InChI is InChI=1S/C18H18N4O5/c19-13(17(24)20-14-4-2-1-3-12(14)18(25)26)9-15-21-16(22-27-15)10-5-7-11(23)8-6-10/h1-8,13,15,23H,9,19H2,(H,20,24)(H,21,22)(H,25,26). The van der Waals surface area contributed by atoms with Crippen molar-refractivity contribution in [3.8, 4) is 5.75 Å². The van der Waals surface area contributed by atoms with E-state index in [2.05, 4.69) is 15.8 Å². The van der Waals surface area contributed by atoms with Crippen LogP contribution in [-0.2, 0) is 9.63 Å². The van der Waals surface area contributed by atoms with Crippen molar-refractivity contribution in [3.05, 3.63) is 59.7 Å². The Bertz CT molecular complexity index is 882. The highest BCUT2D eigenvalue weighted by atomic mass is 16.7. The summed E-state index contributed by atoms with van der Waals surface area (Å²) in [6, 6.07) is 11.5. The number of aromatic hydroxyl groups is 1. The first kappa shape index (κ1) is 18.4. The Balaban J connectivity index is 1.62. The molecule has 140 valence electrons. The lowest BCUT2D eigenvalue weighted by Crippen LogP contribution is -2.38. The van der Waals surface area contributed by atoms with Crippen LogP contribution in [0.1, 0.15) is 22.3 Å². The summed E-state index contributed by atoms with van der Waals surface area (Å²) < 4.78 is 0. The third kappa shape index (κ3) is 4.40. The number of rotatable bonds is 6. The normalized spacial score (nSPS) is 16.9. The number of hydrogen-bond donors (Lipinski definition) is 5. The van der Waals surface area contributed by atoms with Crippen molar-refractivity contribution in [2.24, 2.45) is 10.7 Å². The van der Waals surface area contributed by atoms with Gasteiger partial charge in [-0.15, -0.1) is 0 Å². The molecular weight excluding hydrogens is 352 g/mol. The maximum atomic E-state index is 12.3. The Labute approximate surface area is 154 Å². The van der Waals surface area contributed by atoms with Crippen LogP contribution in [0.25, 0.3) is 0 Å². The average Bonchev–Trinajstić information content (AvgIpc) is 3.11. The number of carboxylic acid groups (broad SMARTS) is 1. The number of amidine groups is 1. The van der Waals surface area contributed by atoms with Crippen molar-refractivity contribution in [1.82, 2.24) is 5.48 Å². The fourth-order valence-corrected chi connectivity index (χ4v) is 2.50. The number of benzene rings is 2. The number of hydroxylamine groups is 1. The van der Waals surface area contributed by atoms with Gasteiger partial charge in [0.1, 0.15) is 5.75 Å². The molecule has 1 heterocycles. The number of para-hydroxylation sites is 1. The van der Waals surface area contributed by atoms with Gasteiger partial charge in [0, 0.05) is 12.0 Å². The van der Waals surface area contributed by atoms with Crippen LogP contribution in [0, 0.1) is 0 Å². The predicted molar refractivity (Wildman–Crippen MR) is 97.3 cm³/mol. The van der Waals surface area contributed by atoms with Crippen molar-refractivity contribution in [1.29, 1.82) is 0 Å². The fraction of sp³-hybridized carbons (Fsp3) is 0.167. The molecular formula is C18H18N4O5. The molecule has 0 spiro atoms. The van der Waals surface area contributed by atoms with Gasteiger partial charge in [-0.05, 0) is 36.4 Å². The predicted octanol–water partition coefficient (Wildman–Crippen LogP) is 1.05. The molecule has 6 N–H and O–H groups in total. The van der Waals surface area contributed by atoms with Crippen molar-refractivity contribution in [2.75, 3.05) is 5.32 Å². The maximum Gasteiger partial charge on any atom is 0.337 e. The molecule has 3 rings (SSSR count). The molecule has 0 radical (unpaired) electrons. The van der Waals surface area contributed by atoms with Gasteiger partial charge < -0.3 is 21.3 Å². The molecule has 2 aromatic rings. The molecule has 9 heteroatoms. The van der Waals surface area contributed by atoms with E-state index in [0.717, 1.165) is 0 Å². The summed E-state index contributed by atoms with van der Waals surface area (Å²) in [6.07, 6.45) is -0.584.